The van der Waals surface area contributed by atoms with Crippen LogP contribution in [0.1, 0.15) is 0 Å². The second kappa shape index (κ2) is 4.09. The van der Waals surface area contributed by atoms with E-state index in [-0.39, 0.29) is 10.6 Å². The van der Waals surface area contributed by atoms with Gasteiger partial charge in [0.2, 0.25) is 0 Å². The van der Waals surface area contributed by atoms with Gasteiger partial charge in [0.15, 0.2) is 0 Å². The van der Waals surface area contributed by atoms with Crippen LogP contribution >= 0.6 is 23.2 Å². The standard InChI is InChI=1S/C11H7Cl2NO/c12-8-6-9(13)11(15)14-10(8)7-4-2-1-3-5-7/h1-6H,(H,14,15). The van der Waals surface area contributed by atoms with Crippen molar-refractivity contribution in [2.75, 3.05) is 0 Å². The Labute approximate surface area is 96.5 Å². The number of aromatic nitrogens is 1. The third-order valence-electron chi connectivity index (χ3n) is 2.01. The second-order valence-electron chi connectivity index (χ2n) is 3.04. The zero-order chi connectivity index (χ0) is 10.8. The molecule has 15 heavy (non-hydrogen) atoms. The molecule has 0 unspecified atom stereocenters. The summed E-state index contributed by atoms with van der Waals surface area (Å²) in [6, 6.07) is 10.8. The molecule has 1 N–H and O–H groups in total. The Morgan fingerprint density at radius 2 is 1.67 bits per heavy atom. The van der Waals surface area contributed by atoms with Gasteiger partial charge in [-0.15, -0.1) is 0 Å². The molecule has 0 atom stereocenters. The zero-order valence-electron chi connectivity index (χ0n) is 7.63. The average Bonchev–Trinajstić information content (AvgIpc) is 2.25. The van der Waals surface area contributed by atoms with E-state index in [1.54, 1.807) is 0 Å². The molecule has 0 aliphatic rings. The van der Waals surface area contributed by atoms with Gasteiger partial charge >= 0.3 is 0 Å². The lowest BCUT2D eigenvalue weighted by molar-refractivity contribution is 1.24. The van der Waals surface area contributed by atoms with Gasteiger partial charge in [0.05, 0.1) is 10.7 Å². The van der Waals surface area contributed by atoms with Crippen molar-refractivity contribution < 1.29 is 0 Å². The minimum absolute atomic E-state index is 0.0969. The van der Waals surface area contributed by atoms with Gasteiger partial charge in [-0.25, -0.2) is 0 Å². The molecule has 0 amide bonds. The van der Waals surface area contributed by atoms with Crippen LogP contribution in [0.3, 0.4) is 0 Å². The highest BCUT2D eigenvalue weighted by atomic mass is 35.5. The van der Waals surface area contributed by atoms with Crippen LogP contribution < -0.4 is 5.56 Å². The SMILES string of the molecule is O=c1[nH]c(-c2ccccc2)c(Cl)cc1Cl. The van der Waals surface area contributed by atoms with Crippen molar-refractivity contribution in [1.29, 1.82) is 0 Å². The summed E-state index contributed by atoms with van der Waals surface area (Å²) in [6.45, 7) is 0. The van der Waals surface area contributed by atoms with Crippen LogP contribution in [-0.4, -0.2) is 4.98 Å². The molecule has 2 rings (SSSR count). The van der Waals surface area contributed by atoms with Gasteiger partial charge in [0, 0.05) is 0 Å². The highest BCUT2D eigenvalue weighted by Crippen LogP contribution is 2.25. The van der Waals surface area contributed by atoms with Crippen LogP contribution in [-0.2, 0) is 0 Å². The molecular formula is C11H7Cl2NO. The van der Waals surface area contributed by atoms with E-state index in [9.17, 15) is 4.79 Å². The van der Waals surface area contributed by atoms with E-state index in [1.807, 2.05) is 30.3 Å². The lowest BCUT2D eigenvalue weighted by Crippen LogP contribution is -2.07. The lowest BCUT2D eigenvalue weighted by Gasteiger charge is -2.03. The first-order valence-corrected chi connectivity index (χ1v) is 5.08. The largest absolute Gasteiger partial charge is 0.319 e. The van der Waals surface area contributed by atoms with Crippen molar-refractivity contribution in [3.63, 3.8) is 0 Å². The highest BCUT2D eigenvalue weighted by Gasteiger charge is 2.06. The number of pyridine rings is 1. The molecular weight excluding hydrogens is 233 g/mol. The summed E-state index contributed by atoms with van der Waals surface area (Å²) in [4.78, 5) is 14.0. The summed E-state index contributed by atoms with van der Waals surface area (Å²) < 4.78 is 0. The Morgan fingerprint density at radius 3 is 2.33 bits per heavy atom. The molecule has 4 heteroatoms. The molecule has 1 aromatic carbocycles. The average molecular weight is 240 g/mol. The molecule has 1 aromatic heterocycles. The van der Waals surface area contributed by atoms with Crippen molar-refractivity contribution in [2.24, 2.45) is 0 Å². The highest BCUT2D eigenvalue weighted by molar-refractivity contribution is 6.36. The molecule has 2 aromatic rings. The Hall–Kier alpha value is -1.25. The van der Waals surface area contributed by atoms with Gasteiger partial charge in [-0.05, 0) is 11.6 Å². The molecule has 0 aliphatic heterocycles. The molecule has 0 bridgehead atoms. The number of aromatic amines is 1. The Bertz CT molecular complexity index is 534. The Kier molecular flexibility index (Phi) is 2.80. The normalized spacial score (nSPS) is 10.3. The Morgan fingerprint density at radius 1 is 1.00 bits per heavy atom. The van der Waals surface area contributed by atoms with E-state index in [4.69, 9.17) is 23.2 Å². The van der Waals surface area contributed by atoms with Gasteiger partial charge in [-0.2, -0.15) is 0 Å². The van der Waals surface area contributed by atoms with Crippen LogP contribution in [0.15, 0.2) is 41.2 Å². The predicted octanol–water partition coefficient (Wildman–Crippen LogP) is 3.35. The van der Waals surface area contributed by atoms with Crippen LogP contribution in [0.2, 0.25) is 10.0 Å². The maximum atomic E-state index is 11.3. The van der Waals surface area contributed by atoms with Gasteiger partial charge in [0.25, 0.3) is 5.56 Å². The second-order valence-corrected chi connectivity index (χ2v) is 3.85. The minimum atomic E-state index is -0.333. The number of hydrogen-bond donors (Lipinski definition) is 1. The number of hydrogen-bond acceptors (Lipinski definition) is 1. The third-order valence-corrected chi connectivity index (χ3v) is 2.59. The van der Waals surface area contributed by atoms with Crippen molar-refractivity contribution in [3.05, 3.63) is 56.8 Å². The molecule has 0 fully saturated rings. The molecule has 76 valence electrons. The molecule has 2 nitrogen and oxygen atoms in total. The smallest absolute Gasteiger partial charge is 0.267 e. The summed E-state index contributed by atoms with van der Waals surface area (Å²) in [6.07, 6.45) is 0. The van der Waals surface area contributed by atoms with Crippen LogP contribution in [0.4, 0.5) is 0 Å². The quantitative estimate of drug-likeness (QED) is 0.814. The predicted molar refractivity (Wildman–Crippen MR) is 62.5 cm³/mol. The summed E-state index contributed by atoms with van der Waals surface area (Å²) in [5.41, 5.74) is 1.11. The summed E-state index contributed by atoms with van der Waals surface area (Å²) >= 11 is 11.6. The summed E-state index contributed by atoms with van der Waals surface area (Å²) in [5, 5.41) is 0.533. The first-order chi connectivity index (χ1) is 7.18. The number of nitrogens with one attached hydrogen (secondary N) is 1. The number of rotatable bonds is 1. The maximum absolute atomic E-state index is 11.3. The van der Waals surface area contributed by atoms with Gasteiger partial charge < -0.3 is 4.98 Å². The van der Waals surface area contributed by atoms with E-state index in [0.29, 0.717) is 10.7 Å². The third kappa shape index (κ3) is 2.06. The molecule has 0 aliphatic carbocycles. The molecule has 0 radical (unpaired) electrons. The van der Waals surface area contributed by atoms with Crippen molar-refractivity contribution >= 4 is 23.2 Å². The van der Waals surface area contributed by atoms with E-state index in [2.05, 4.69) is 4.98 Å². The van der Waals surface area contributed by atoms with Gasteiger partial charge in [-0.1, -0.05) is 53.5 Å². The first-order valence-electron chi connectivity index (χ1n) is 4.32. The van der Waals surface area contributed by atoms with Crippen LogP contribution in [0.5, 0.6) is 0 Å². The zero-order valence-corrected chi connectivity index (χ0v) is 9.14. The fraction of sp³-hybridized carbons (Fsp3) is 0. The molecule has 1 heterocycles. The maximum Gasteiger partial charge on any atom is 0.267 e. The summed E-state index contributed by atoms with van der Waals surface area (Å²) in [7, 11) is 0. The molecule has 0 spiro atoms. The number of benzene rings is 1. The van der Waals surface area contributed by atoms with E-state index in [1.165, 1.54) is 6.07 Å². The molecule has 0 saturated carbocycles. The minimum Gasteiger partial charge on any atom is -0.319 e. The topological polar surface area (TPSA) is 32.9 Å². The number of H-pyrrole nitrogens is 1. The van der Waals surface area contributed by atoms with E-state index in [0.717, 1.165) is 5.56 Å². The fourth-order valence-corrected chi connectivity index (χ4v) is 1.77. The fourth-order valence-electron chi connectivity index (χ4n) is 1.30. The molecule has 0 saturated heterocycles. The van der Waals surface area contributed by atoms with Crippen molar-refractivity contribution in [2.45, 2.75) is 0 Å². The number of halogens is 2. The van der Waals surface area contributed by atoms with E-state index >= 15 is 0 Å². The lowest BCUT2D eigenvalue weighted by atomic mass is 10.1. The van der Waals surface area contributed by atoms with Crippen molar-refractivity contribution in [3.8, 4) is 11.3 Å². The first kappa shape index (κ1) is 10.3. The van der Waals surface area contributed by atoms with Crippen LogP contribution in [0.25, 0.3) is 11.3 Å². The summed E-state index contributed by atoms with van der Waals surface area (Å²) in [5.74, 6) is 0. The monoisotopic (exact) mass is 239 g/mol. The van der Waals surface area contributed by atoms with Gasteiger partial charge in [-0.3, -0.25) is 4.79 Å². The Balaban J connectivity index is 2.64. The van der Waals surface area contributed by atoms with E-state index < -0.39 is 0 Å². The van der Waals surface area contributed by atoms with Crippen molar-refractivity contribution in [1.82, 2.24) is 4.98 Å². The van der Waals surface area contributed by atoms with Crippen LogP contribution in [0, 0.1) is 0 Å². The van der Waals surface area contributed by atoms with Gasteiger partial charge in [0.1, 0.15) is 5.02 Å².